The van der Waals surface area contributed by atoms with Gasteiger partial charge in [-0.1, -0.05) is 0 Å². The van der Waals surface area contributed by atoms with Crippen LogP contribution in [-0.4, -0.2) is 18.9 Å². The molecule has 0 bridgehead atoms. The first kappa shape index (κ1) is 13.3. The average molecular weight is 276 g/mol. The number of methoxy groups -OCH3 is 1. The summed E-state index contributed by atoms with van der Waals surface area (Å²) in [6, 6.07) is 3.58. The van der Waals surface area contributed by atoms with Gasteiger partial charge in [-0.2, -0.15) is 5.26 Å². The van der Waals surface area contributed by atoms with Gasteiger partial charge in [-0.25, -0.2) is 4.79 Å². The molecule has 0 saturated heterocycles. The second-order valence-corrected chi connectivity index (χ2v) is 5.02. The smallest absolute Gasteiger partial charge is 0.350 e. The third kappa shape index (κ3) is 3.01. The van der Waals surface area contributed by atoms with Crippen molar-refractivity contribution in [3.05, 3.63) is 28.1 Å². The lowest BCUT2D eigenvalue weighted by molar-refractivity contribution is -0.116. The van der Waals surface area contributed by atoms with Gasteiger partial charge in [-0.05, 0) is 24.3 Å². The number of carbonyl (C=O) groups excluding carboxylic acids is 2. The zero-order chi connectivity index (χ0) is 13.8. The summed E-state index contributed by atoms with van der Waals surface area (Å²) in [5, 5.41) is 13.5. The van der Waals surface area contributed by atoms with Gasteiger partial charge in [0, 0.05) is 12.1 Å². The minimum Gasteiger partial charge on any atom is -0.465 e. The molecule has 1 aromatic rings. The van der Waals surface area contributed by atoms with Crippen molar-refractivity contribution in [2.75, 3.05) is 12.4 Å². The Labute approximate surface area is 114 Å². The molecule has 0 aromatic carbocycles. The van der Waals surface area contributed by atoms with Crippen LogP contribution in [-0.2, 0) is 9.53 Å². The van der Waals surface area contributed by atoms with Gasteiger partial charge >= 0.3 is 5.97 Å². The molecular weight excluding hydrogens is 264 g/mol. The molecule has 0 aliphatic heterocycles. The molecule has 0 amide bonds. The fourth-order valence-electron chi connectivity index (χ4n) is 1.55. The van der Waals surface area contributed by atoms with Crippen molar-refractivity contribution in [3.63, 3.8) is 0 Å². The highest BCUT2D eigenvalue weighted by Gasteiger charge is 2.31. The Morgan fingerprint density at radius 2 is 2.32 bits per heavy atom. The number of esters is 1. The molecule has 1 fully saturated rings. The van der Waals surface area contributed by atoms with Crippen LogP contribution in [0, 0.1) is 17.2 Å². The van der Waals surface area contributed by atoms with Crippen LogP contribution in [0.3, 0.4) is 0 Å². The molecule has 0 unspecified atom stereocenters. The molecule has 1 aromatic heterocycles. The van der Waals surface area contributed by atoms with Crippen LogP contribution in [0.4, 0.5) is 5.69 Å². The van der Waals surface area contributed by atoms with Crippen molar-refractivity contribution >= 4 is 28.8 Å². The quantitative estimate of drug-likeness (QED) is 0.507. The van der Waals surface area contributed by atoms with E-state index in [-0.39, 0.29) is 17.3 Å². The Bertz CT molecular complexity index is 579. The van der Waals surface area contributed by atoms with E-state index in [9.17, 15) is 9.59 Å². The summed E-state index contributed by atoms with van der Waals surface area (Å²) in [6.07, 6.45) is 3.06. The summed E-state index contributed by atoms with van der Waals surface area (Å²) < 4.78 is 4.64. The topological polar surface area (TPSA) is 79.2 Å². The number of rotatable bonds is 5. The molecule has 1 N–H and O–H groups in total. The van der Waals surface area contributed by atoms with Gasteiger partial charge in [0.15, 0.2) is 5.78 Å². The number of Topliss-reactive ketones (excluding diaryl/α,β-unsaturated/α-hetero) is 1. The number of ether oxygens (including phenoxy) is 1. The Balaban J connectivity index is 2.12. The molecule has 5 nitrogen and oxygen atoms in total. The number of ketones is 1. The summed E-state index contributed by atoms with van der Waals surface area (Å²) in [5.41, 5.74) is 0.623. The zero-order valence-corrected chi connectivity index (χ0v) is 11.1. The van der Waals surface area contributed by atoms with Crippen LogP contribution in [0.15, 0.2) is 23.2 Å². The van der Waals surface area contributed by atoms with E-state index in [0.717, 1.165) is 12.8 Å². The van der Waals surface area contributed by atoms with Crippen molar-refractivity contribution in [2.24, 2.45) is 5.92 Å². The largest absolute Gasteiger partial charge is 0.465 e. The second-order valence-electron chi connectivity index (χ2n) is 4.11. The third-order valence-corrected chi connectivity index (χ3v) is 3.64. The van der Waals surface area contributed by atoms with Crippen molar-refractivity contribution in [3.8, 4) is 6.07 Å². The molecule has 6 heteroatoms. The molecular formula is C13H12N2O3S. The number of hydrogen-bond donors (Lipinski definition) is 1. The van der Waals surface area contributed by atoms with E-state index in [2.05, 4.69) is 10.1 Å². The molecule has 0 radical (unpaired) electrons. The maximum absolute atomic E-state index is 11.8. The van der Waals surface area contributed by atoms with Crippen LogP contribution in [0.1, 0.15) is 22.5 Å². The number of carbonyl (C=O) groups is 2. The minimum atomic E-state index is -0.446. The first-order valence-electron chi connectivity index (χ1n) is 5.74. The summed E-state index contributed by atoms with van der Waals surface area (Å²) in [7, 11) is 1.30. The fraction of sp³-hybridized carbons (Fsp3) is 0.308. The van der Waals surface area contributed by atoms with Gasteiger partial charge in [0.05, 0.1) is 12.8 Å². The molecule has 1 aliphatic carbocycles. The van der Waals surface area contributed by atoms with Crippen LogP contribution >= 0.6 is 11.3 Å². The van der Waals surface area contributed by atoms with Crippen molar-refractivity contribution in [1.82, 2.24) is 0 Å². The van der Waals surface area contributed by atoms with Gasteiger partial charge in [0.1, 0.15) is 16.5 Å². The number of thiophene rings is 1. The number of allylic oxidation sites excluding steroid dienone is 1. The minimum absolute atomic E-state index is 0.00440. The molecule has 1 heterocycles. The highest BCUT2D eigenvalue weighted by atomic mass is 32.1. The summed E-state index contributed by atoms with van der Waals surface area (Å²) in [6.45, 7) is 0. The monoisotopic (exact) mass is 276 g/mol. The molecule has 0 spiro atoms. The third-order valence-electron chi connectivity index (χ3n) is 2.74. The first-order chi connectivity index (χ1) is 9.17. The second kappa shape index (κ2) is 5.67. The van der Waals surface area contributed by atoms with E-state index in [1.54, 1.807) is 11.4 Å². The maximum Gasteiger partial charge on any atom is 0.350 e. The van der Waals surface area contributed by atoms with E-state index < -0.39 is 5.97 Å². The van der Waals surface area contributed by atoms with E-state index in [0.29, 0.717) is 10.6 Å². The summed E-state index contributed by atoms with van der Waals surface area (Å²) in [5.74, 6) is -0.585. The zero-order valence-electron chi connectivity index (χ0n) is 10.3. The molecule has 2 rings (SSSR count). The highest BCUT2D eigenvalue weighted by Crippen LogP contribution is 2.32. The number of nitriles is 1. The number of anilines is 1. The van der Waals surface area contributed by atoms with Crippen LogP contribution < -0.4 is 5.32 Å². The predicted molar refractivity (Wildman–Crippen MR) is 70.7 cm³/mol. The Morgan fingerprint density at radius 1 is 1.58 bits per heavy atom. The van der Waals surface area contributed by atoms with E-state index in [4.69, 9.17) is 5.26 Å². The SMILES string of the molecule is COC(=O)c1sccc1NC=C(C#N)C(=O)C1CC1. The van der Waals surface area contributed by atoms with Crippen LogP contribution in [0.5, 0.6) is 0 Å². The molecule has 19 heavy (non-hydrogen) atoms. The van der Waals surface area contributed by atoms with Crippen molar-refractivity contribution in [2.45, 2.75) is 12.8 Å². The van der Waals surface area contributed by atoms with E-state index in [1.807, 2.05) is 6.07 Å². The van der Waals surface area contributed by atoms with Gasteiger partial charge in [0.2, 0.25) is 0 Å². The number of hydrogen-bond acceptors (Lipinski definition) is 6. The number of nitrogens with zero attached hydrogens (tertiary/aromatic N) is 1. The lowest BCUT2D eigenvalue weighted by Crippen LogP contribution is -2.06. The summed E-state index contributed by atoms with van der Waals surface area (Å²) in [4.78, 5) is 23.6. The van der Waals surface area contributed by atoms with Crippen LogP contribution in [0.2, 0.25) is 0 Å². The predicted octanol–water partition coefficient (Wildman–Crippen LogP) is 2.33. The Kier molecular flexibility index (Phi) is 3.97. The van der Waals surface area contributed by atoms with Gasteiger partial charge in [-0.3, -0.25) is 4.79 Å². The first-order valence-corrected chi connectivity index (χ1v) is 6.62. The number of nitrogens with one attached hydrogen (secondary N) is 1. The molecule has 1 aliphatic rings. The van der Waals surface area contributed by atoms with Crippen LogP contribution in [0.25, 0.3) is 0 Å². The van der Waals surface area contributed by atoms with E-state index in [1.165, 1.54) is 24.6 Å². The fourth-order valence-corrected chi connectivity index (χ4v) is 2.32. The molecule has 0 atom stereocenters. The van der Waals surface area contributed by atoms with Crippen molar-refractivity contribution < 1.29 is 14.3 Å². The lowest BCUT2D eigenvalue weighted by atomic mass is 10.1. The van der Waals surface area contributed by atoms with Gasteiger partial charge in [0.25, 0.3) is 0 Å². The standard InChI is InChI=1S/C13H12N2O3S/c1-18-13(17)12-10(4-5-19-12)15-7-9(6-14)11(16)8-2-3-8/h4-5,7-8,15H,2-3H2,1H3. The molecule has 98 valence electrons. The molecule has 1 saturated carbocycles. The maximum atomic E-state index is 11.8. The van der Waals surface area contributed by atoms with Gasteiger partial charge in [-0.15, -0.1) is 11.3 Å². The normalized spacial score (nSPS) is 14.6. The summed E-state index contributed by atoms with van der Waals surface area (Å²) >= 11 is 1.23. The Hall–Kier alpha value is -2.13. The van der Waals surface area contributed by atoms with E-state index >= 15 is 0 Å². The Morgan fingerprint density at radius 3 is 2.89 bits per heavy atom. The van der Waals surface area contributed by atoms with Gasteiger partial charge < -0.3 is 10.1 Å². The average Bonchev–Trinajstić information content (AvgIpc) is 3.17. The lowest BCUT2D eigenvalue weighted by Gasteiger charge is -2.02. The highest BCUT2D eigenvalue weighted by molar-refractivity contribution is 7.12. The van der Waals surface area contributed by atoms with Crippen molar-refractivity contribution in [1.29, 1.82) is 5.26 Å².